The average molecular weight is 410 g/mol. The fourth-order valence-corrected chi connectivity index (χ4v) is 3.71. The van der Waals surface area contributed by atoms with E-state index in [1.165, 1.54) is 16.9 Å². The summed E-state index contributed by atoms with van der Waals surface area (Å²) in [6.45, 7) is 2.42. The average Bonchev–Trinajstić information content (AvgIpc) is 3.28. The van der Waals surface area contributed by atoms with Gasteiger partial charge < -0.3 is 4.74 Å². The zero-order chi connectivity index (χ0) is 20.8. The van der Waals surface area contributed by atoms with E-state index in [1.54, 1.807) is 6.20 Å². The maximum Gasteiger partial charge on any atom is 0.134 e. The monoisotopic (exact) mass is 409 g/mol. The van der Waals surface area contributed by atoms with Gasteiger partial charge in [0.2, 0.25) is 0 Å². The molecule has 0 saturated heterocycles. The van der Waals surface area contributed by atoms with Crippen molar-refractivity contribution in [2.75, 3.05) is 0 Å². The second-order valence-corrected chi connectivity index (χ2v) is 7.58. The van der Waals surface area contributed by atoms with Crippen LogP contribution >= 0.6 is 11.3 Å². The molecule has 2 heterocycles. The lowest BCUT2D eigenvalue weighted by atomic mass is 10.1. The first-order valence-electron chi connectivity index (χ1n) is 9.49. The fraction of sp³-hybridized carbons (Fsp3) is 0.0800. The summed E-state index contributed by atoms with van der Waals surface area (Å²) < 4.78 is 5.96. The van der Waals surface area contributed by atoms with Crippen LogP contribution < -0.4 is 4.74 Å². The van der Waals surface area contributed by atoms with Gasteiger partial charge in [0.05, 0.1) is 17.0 Å². The lowest BCUT2D eigenvalue weighted by Gasteiger charge is -2.09. The number of allylic oxidation sites excluding steroid dienone is 1. The van der Waals surface area contributed by atoms with Crippen molar-refractivity contribution in [1.82, 2.24) is 9.97 Å². The number of rotatable bonds is 6. The van der Waals surface area contributed by atoms with Gasteiger partial charge in [-0.3, -0.25) is 4.98 Å². The molecule has 0 amide bonds. The van der Waals surface area contributed by atoms with Gasteiger partial charge in [-0.1, -0.05) is 54.1 Å². The van der Waals surface area contributed by atoms with Crippen LogP contribution in [0, 0.1) is 18.3 Å². The van der Waals surface area contributed by atoms with E-state index in [0.29, 0.717) is 22.9 Å². The lowest BCUT2D eigenvalue weighted by Crippen LogP contribution is -1.98. The summed E-state index contributed by atoms with van der Waals surface area (Å²) in [6.07, 6.45) is 3.57. The molecule has 2 aromatic carbocycles. The van der Waals surface area contributed by atoms with Gasteiger partial charge in [0.25, 0.3) is 0 Å². The van der Waals surface area contributed by atoms with Gasteiger partial charge in [-0.2, -0.15) is 5.26 Å². The number of nitriles is 1. The molecule has 0 bridgehead atoms. The molecule has 4 aromatic rings. The molecule has 0 saturated carbocycles. The van der Waals surface area contributed by atoms with Crippen LogP contribution in [0.2, 0.25) is 0 Å². The molecule has 0 atom stereocenters. The number of hydrogen-bond acceptors (Lipinski definition) is 5. The van der Waals surface area contributed by atoms with Crippen molar-refractivity contribution in [2.24, 2.45) is 0 Å². The number of nitrogens with zero attached hydrogens (tertiary/aromatic N) is 3. The van der Waals surface area contributed by atoms with Gasteiger partial charge in [0.15, 0.2) is 0 Å². The van der Waals surface area contributed by atoms with Crippen molar-refractivity contribution in [3.8, 4) is 23.1 Å². The molecular weight excluding hydrogens is 390 g/mol. The summed E-state index contributed by atoms with van der Waals surface area (Å²) in [5, 5.41) is 12.4. The largest absolute Gasteiger partial charge is 0.487 e. The Balaban J connectivity index is 1.59. The first-order chi connectivity index (χ1) is 14.7. The van der Waals surface area contributed by atoms with Gasteiger partial charge in [0.1, 0.15) is 23.4 Å². The summed E-state index contributed by atoms with van der Waals surface area (Å²) in [6, 6.07) is 23.9. The maximum atomic E-state index is 9.75. The Morgan fingerprint density at radius 2 is 1.87 bits per heavy atom. The number of pyridine rings is 1. The van der Waals surface area contributed by atoms with E-state index in [9.17, 15) is 5.26 Å². The molecule has 0 fully saturated rings. The number of ether oxygens (including phenoxy) is 1. The van der Waals surface area contributed by atoms with Crippen molar-refractivity contribution in [1.29, 1.82) is 5.26 Å². The fourth-order valence-electron chi connectivity index (χ4n) is 2.92. The first-order valence-corrected chi connectivity index (χ1v) is 10.4. The Morgan fingerprint density at radius 3 is 2.63 bits per heavy atom. The van der Waals surface area contributed by atoms with E-state index in [2.05, 4.69) is 35.1 Å². The SMILES string of the molecule is Cc1ccc(-c2csc(/C(C#N)=C/c3ccccc3OCc3ccccn3)n2)cc1. The van der Waals surface area contributed by atoms with Crippen LogP contribution in [0.25, 0.3) is 22.9 Å². The quantitative estimate of drug-likeness (QED) is 0.358. The van der Waals surface area contributed by atoms with Crippen LogP contribution in [0.4, 0.5) is 0 Å². The minimum atomic E-state index is 0.363. The Bertz CT molecular complexity index is 1210. The third kappa shape index (κ3) is 4.62. The van der Waals surface area contributed by atoms with Crippen LogP contribution in [0.1, 0.15) is 21.8 Å². The molecule has 4 rings (SSSR count). The highest BCUT2D eigenvalue weighted by Gasteiger charge is 2.11. The number of para-hydroxylation sites is 1. The van der Waals surface area contributed by atoms with E-state index >= 15 is 0 Å². The van der Waals surface area contributed by atoms with Crippen LogP contribution in [0.15, 0.2) is 78.3 Å². The van der Waals surface area contributed by atoms with E-state index in [0.717, 1.165) is 22.5 Å². The van der Waals surface area contributed by atoms with Crippen LogP contribution in [-0.2, 0) is 6.61 Å². The molecule has 0 aliphatic heterocycles. The first kappa shape index (κ1) is 19.6. The van der Waals surface area contributed by atoms with Crippen molar-refractivity contribution in [2.45, 2.75) is 13.5 Å². The van der Waals surface area contributed by atoms with Gasteiger partial charge in [-0.05, 0) is 31.2 Å². The van der Waals surface area contributed by atoms with Crippen molar-refractivity contribution in [3.63, 3.8) is 0 Å². The van der Waals surface area contributed by atoms with Crippen LogP contribution in [-0.4, -0.2) is 9.97 Å². The molecule has 146 valence electrons. The molecule has 0 aliphatic carbocycles. The van der Waals surface area contributed by atoms with Crippen LogP contribution in [0.5, 0.6) is 5.75 Å². The lowest BCUT2D eigenvalue weighted by molar-refractivity contribution is 0.300. The topological polar surface area (TPSA) is 58.8 Å². The van der Waals surface area contributed by atoms with E-state index < -0.39 is 0 Å². The maximum absolute atomic E-state index is 9.75. The van der Waals surface area contributed by atoms with Crippen molar-refractivity contribution >= 4 is 23.0 Å². The second kappa shape index (κ2) is 9.17. The molecule has 0 aliphatic rings. The molecule has 4 nitrogen and oxygen atoms in total. The third-order valence-electron chi connectivity index (χ3n) is 4.52. The molecule has 0 radical (unpaired) electrons. The number of benzene rings is 2. The van der Waals surface area contributed by atoms with E-state index in [1.807, 2.05) is 66.1 Å². The highest BCUT2D eigenvalue weighted by molar-refractivity contribution is 7.11. The molecular formula is C25H19N3OS. The van der Waals surface area contributed by atoms with Gasteiger partial charge in [-0.15, -0.1) is 11.3 Å². The zero-order valence-electron chi connectivity index (χ0n) is 16.4. The normalized spacial score (nSPS) is 11.1. The Kier molecular flexibility index (Phi) is 5.98. The minimum absolute atomic E-state index is 0.363. The second-order valence-electron chi connectivity index (χ2n) is 6.72. The summed E-state index contributed by atoms with van der Waals surface area (Å²) in [4.78, 5) is 8.96. The summed E-state index contributed by atoms with van der Waals surface area (Å²) in [7, 11) is 0. The predicted molar refractivity (Wildman–Crippen MR) is 121 cm³/mol. The summed E-state index contributed by atoms with van der Waals surface area (Å²) in [5.74, 6) is 0.700. The Labute approximate surface area is 179 Å². The van der Waals surface area contributed by atoms with Crippen molar-refractivity contribution in [3.05, 3.63) is 100 Å². The van der Waals surface area contributed by atoms with Gasteiger partial charge in [0, 0.05) is 22.7 Å². The van der Waals surface area contributed by atoms with E-state index in [4.69, 9.17) is 4.74 Å². The molecule has 0 spiro atoms. The summed E-state index contributed by atoms with van der Waals surface area (Å²) >= 11 is 1.46. The number of aryl methyl sites for hydroxylation is 1. The molecule has 30 heavy (non-hydrogen) atoms. The number of aromatic nitrogens is 2. The number of hydrogen-bond donors (Lipinski definition) is 0. The molecule has 0 unspecified atom stereocenters. The molecule has 2 aromatic heterocycles. The van der Waals surface area contributed by atoms with Crippen LogP contribution in [0.3, 0.4) is 0 Å². The van der Waals surface area contributed by atoms with Gasteiger partial charge >= 0.3 is 0 Å². The van der Waals surface area contributed by atoms with Crippen molar-refractivity contribution < 1.29 is 4.74 Å². The smallest absolute Gasteiger partial charge is 0.134 e. The number of thiazole rings is 1. The third-order valence-corrected chi connectivity index (χ3v) is 5.40. The molecule has 0 N–H and O–H groups in total. The summed E-state index contributed by atoms with van der Waals surface area (Å²) in [5.41, 5.74) is 5.30. The van der Waals surface area contributed by atoms with Gasteiger partial charge in [-0.25, -0.2) is 4.98 Å². The minimum Gasteiger partial charge on any atom is -0.487 e. The zero-order valence-corrected chi connectivity index (χ0v) is 17.3. The standard InChI is InChI=1S/C25H19N3OS/c1-18-9-11-19(12-10-18)23-17-30-25(28-23)21(15-26)14-20-6-2-3-8-24(20)29-16-22-7-4-5-13-27-22/h2-14,17H,16H2,1H3/b21-14+. The van der Waals surface area contributed by atoms with E-state index in [-0.39, 0.29) is 0 Å². The Morgan fingerprint density at radius 1 is 1.07 bits per heavy atom. The molecule has 5 heteroatoms. The highest BCUT2D eigenvalue weighted by Crippen LogP contribution is 2.29. The highest BCUT2D eigenvalue weighted by atomic mass is 32.1. The Hall–Kier alpha value is -3.75. The predicted octanol–water partition coefficient (Wildman–Crippen LogP) is 6.16.